The molecule has 4 rings (SSSR count). The molecule has 2 aromatic carbocycles. The first-order valence-corrected chi connectivity index (χ1v) is 12.9. The quantitative estimate of drug-likeness (QED) is 0.434. The highest BCUT2D eigenvalue weighted by Gasteiger charge is 2.58. The molecule has 0 radical (unpaired) electrons. The van der Waals surface area contributed by atoms with E-state index in [9.17, 15) is 4.79 Å². The molecule has 1 heterocycles. The molecule has 0 aromatic heterocycles. The van der Waals surface area contributed by atoms with Crippen LogP contribution in [0.4, 0.5) is 4.39 Å². The van der Waals surface area contributed by atoms with Gasteiger partial charge in [0.1, 0.15) is 5.84 Å². The van der Waals surface area contributed by atoms with E-state index in [4.69, 9.17) is 14.9 Å². The van der Waals surface area contributed by atoms with Crippen LogP contribution in [0, 0.1) is 11.2 Å². The Labute approximate surface area is 214 Å². The Balaban J connectivity index is 1.73. The van der Waals surface area contributed by atoms with E-state index in [1.54, 1.807) is 11.8 Å². The molecule has 0 bridgehead atoms. The first-order chi connectivity index (χ1) is 16.7. The number of amidine groups is 1. The maximum atomic E-state index is 15.7. The predicted molar refractivity (Wildman–Crippen MR) is 141 cm³/mol. The third kappa shape index (κ3) is 4.39. The van der Waals surface area contributed by atoms with E-state index in [0.717, 1.165) is 29.5 Å². The number of Topliss-reactive ketones (excluding diaryl/α,β-unsaturated/α-hetero) is 1. The van der Waals surface area contributed by atoms with Crippen molar-refractivity contribution in [2.45, 2.75) is 84.6 Å². The van der Waals surface area contributed by atoms with Gasteiger partial charge >= 0.3 is 0 Å². The summed E-state index contributed by atoms with van der Waals surface area (Å²) in [4.78, 5) is 15.5. The van der Waals surface area contributed by atoms with Crippen LogP contribution in [0.5, 0.6) is 11.5 Å². The van der Waals surface area contributed by atoms with Crippen LogP contribution < -0.4 is 9.47 Å². The molecule has 194 valence electrons. The van der Waals surface area contributed by atoms with Crippen molar-refractivity contribution in [2.24, 2.45) is 0 Å². The molecule has 0 unspecified atom stereocenters. The summed E-state index contributed by atoms with van der Waals surface area (Å²) < 4.78 is 27.0. The van der Waals surface area contributed by atoms with Crippen LogP contribution in [-0.2, 0) is 16.4 Å². The van der Waals surface area contributed by atoms with Crippen LogP contribution >= 0.6 is 0 Å². The Bertz CT molecular complexity index is 1180. The van der Waals surface area contributed by atoms with E-state index >= 15 is 4.39 Å². The second-order valence-corrected chi connectivity index (χ2v) is 12.0. The fourth-order valence-electron chi connectivity index (χ4n) is 5.02. The van der Waals surface area contributed by atoms with Gasteiger partial charge in [0.2, 0.25) is 0 Å². The number of benzene rings is 2. The van der Waals surface area contributed by atoms with Crippen molar-refractivity contribution in [3.63, 3.8) is 0 Å². The van der Waals surface area contributed by atoms with Crippen molar-refractivity contribution in [3.05, 3.63) is 57.9 Å². The number of fused-ring (bicyclic) bond motifs is 2. The zero-order valence-corrected chi connectivity index (χ0v) is 22.9. The average Bonchev–Trinajstić information content (AvgIpc) is 3.55. The Morgan fingerprint density at radius 2 is 1.53 bits per heavy atom. The number of carbonyl (C=O) groups is 1. The third-order valence-electron chi connectivity index (χ3n) is 7.31. The summed E-state index contributed by atoms with van der Waals surface area (Å²) in [5.74, 6) is -0.199. The van der Waals surface area contributed by atoms with Gasteiger partial charge in [0, 0.05) is 5.56 Å². The van der Waals surface area contributed by atoms with Gasteiger partial charge in [-0.25, -0.2) is 4.39 Å². The van der Waals surface area contributed by atoms with Gasteiger partial charge in [-0.3, -0.25) is 10.2 Å². The van der Waals surface area contributed by atoms with Crippen molar-refractivity contribution in [2.75, 3.05) is 19.8 Å². The van der Waals surface area contributed by atoms with E-state index in [2.05, 4.69) is 47.6 Å². The summed E-state index contributed by atoms with van der Waals surface area (Å²) in [7, 11) is 0. The number of carbonyl (C=O) groups excluding carboxylic acids is 1. The van der Waals surface area contributed by atoms with Gasteiger partial charge in [-0.2, -0.15) is 0 Å². The second kappa shape index (κ2) is 8.89. The molecule has 1 fully saturated rings. The molecule has 1 N–H and O–H groups in total. The number of ether oxygens (including phenoxy) is 2. The number of nitrogens with one attached hydrogen (secondary N) is 1. The fraction of sp³-hybridized carbons (Fsp3) is 0.533. The molecule has 36 heavy (non-hydrogen) atoms. The Morgan fingerprint density at radius 1 is 0.972 bits per heavy atom. The molecule has 0 saturated heterocycles. The predicted octanol–water partition coefficient (Wildman–Crippen LogP) is 6.73. The highest BCUT2D eigenvalue weighted by molar-refractivity contribution is 6.07. The van der Waals surface area contributed by atoms with Crippen molar-refractivity contribution in [1.29, 1.82) is 5.41 Å². The molecule has 0 atom stereocenters. The van der Waals surface area contributed by atoms with Crippen molar-refractivity contribution >= 4 is 11.6 Å². The van der Waals surface area contributed by atoms with Gasteiger partial charge < -0.3 is 14.4 Å². The summed E-state index contributed by atoms with van der Waals surface area (Å²) in [6, 6.07) is 7.96. The molecule has 0 amide bonds. The number of hydrogen-bond acceptors (Lipinski definition) is 4. The Kier molecular flexibility index (Phi) is 6.47. The molecule has 1 saturated carbocycles. The van der Waals surface area contributed by atoms with E-state index in [-0.39, 0.29) is 46.9 Å². The van der Waals surface area contributed by atoms with Gasteiger partial charge in [-0.1, -0.05) is 47.6 Å². The molecule has 6 heteroatoms. The molecule has 2 aliphatic rings. The summed E-state index contributed by atoms with van der Waals surface area (Å²) >= 11 is 0. The zero-order chi connectivity index (χ0) is 26.6. The van der Waals surface area contributed by atoms with Gasteiger partial charge in [0.25, 0.3) is 0 Å². The molecule has 1 aliphatic heterocycles. The standard InChI is InChI=1S/C30H39FN2O3/c1-9-35-23-16-21-24(25(31)26(23)36-10-2)27(32)33(30(21)11-12-30)17-22(34)18-13-19(28(3,4)5)15-20(14-18)29(6,7)8/h13-16,32H,9-12,17H2,1-8H3. The summed E-state index contributed by atoms with van der Waals surface area (Å²) in [5, 5.41) is 8.90. The second-order valence-electron chi connectivity index (χ2n) is 12.0. The number of rotatable bonds is 7. The minimum Gasteiger partial charge on any atom is -0.490 e. The minimum absolute atomic E-state index is 0.0259. The van der Waals surface area contributed by atoms with Crippen LogP contribution in [0.2, 0.25) is 0 Å². The van der Waals surface area contributed by atoms with Crippen molar-refractivity contribution < 1.29 is 18.7 Å². The SMILES string of the molecule is CCOc1cc2c(c(F)c1OCC)C(=N)N(CC(=O)c1cc(C(C)(C)C)cc(C(C)(C)C)c1)C21CC1. The fourth-order valence-corrected chi connectivity index (χ4v) is 5.02. The van der Waals surface area contributed by atoms with E-state index < -0.39 is 11.4 Å². The van der Waals surface area contributed by atoms with Crippen LogP contribution in [0.25, 0.3) is 0 Å². The third-order valence-corrected chi connectivity index (χ3v) is 7.31. The molecular formula is C30H39FN2O3. The van der Waals surface area contributed by atoms with Gasteiger partial charge in [-0.15, -0.1) is 0 Å². The van der Waals surface area contributed by atoms with E-state index in [1.807, 2.05) is 25.1 Å². The number of hydrogen-bond donors (Lipinski definition) is 1. The molecule has 2 aromatic rings. The summed E-state index contributed by atoms with van der Waals surface area (Å²) in [6.07, 6.45) is 1.54. The number of halogens is 1. The van der Waals surface area contributed by atoms with Crippen molar-refractivity contribution in [3.8, 4) is 11.5 Å². The highest BCUT2D eigenvalue weighted by Crippen LogP contribution is 2.58. The minimum atomic E-state index is -0.575. The van der Waals surface area contributed by atoms with Crippen LogP contribution in [-0.4, -0.2) is 36.3 Å². The Hall–Kier alpha value is -2.89. The van der Waals surface area contributed by atoms with E-state index in [1.165, 1.54) is 0 Å². The first-order valence-electron chi connectivity index (χ1n) is 12.9. The topological polar surface area (TPSA) is 62.6 Å². The lowest BCUT2D eigenvalue weighted by Gasteiger charge is -2.28. The molecule has 1 spiro atoms. The molecular weight excluding hydrogens is 455 g/mol. The lowest BCUT2D eigenvalue weighted by Crippen LogP contribution is -2.38. The lowest BCUT2D eigenvalue weighted by atomic mass is 9.79. The molecule has 1 aliphatic carbocycles. The summed E-state index contributed by atoms with van der Waals surface area (Å²) in [5.41, 5.74) is 3.04. The van der Waals surface area contributed by atoms with Gasteiger partial charge in [-0.05, 0) is 72.4 Å². The van der Waals surface area contributed by atoms with Crippen LogP contribution in [0.3, 0.4) is 0 Å². The van der Waals surface area contributed by atoms with Gasteiger partial charge in [0.15, 0.2) is 23.1 Å². The Morgan fingerprint density at radius 3 is 2.00 bits per heavy atom. The smallest absolute Gasteiger partial charge is 0.197 e. The lowest BCUT2D eigenvalue weighted by molar-refractivity contribution is 0.0943. The van der Waals surface area contributed by atoms with E-state index in [0.29, 0.717) is 17.9 Å². The van der Waals surface area contributed by atoms with Gasteiger partial charge in [0.05, 0.1) is 30.9 Å². The maximum absolute atomic E-state index is 15.7. The largest absolute Gasteiger partial charge is 0.490 e. The van der Waals surface area contributed by atoms with Crippen molar-refractivity contribution in [1.82, 2.24) is 4.90 Å². The van der Waals surface area contributed by atoms with Crippen LogP contribution in [0.15, 0.2) is 24.3 Å². The number of ketones is 1. The highest BCUT2D eigenvalue weighted by atomic mass is 19.1. The maximum Gasteiger partial charge on any atom is 0.197 e. The normalized spacial score (nSPS) is 16.4. The first kappa shape index (κ1) is 26.2. The zero-order valence-electron chi connectivity index (χ0n) is 22.9. The molecule has 5 nitrogen and oxygen atoms in total. The monoisotopic (exact) mass is 494 g/mol. The number of nitrogens with zero attached hydrogens (tertiary/aromatic N) is 1. The summed E-state index contributed by atoms with van der Waals surface area (Å²) in [6.45, 7) is 17.2. The van der Waals surface area contributed by atoms with Crippen LogP contribution in [0.1, 0.15) is 101 Å². The average molecular weight is 495 g/mol.